The summed E-state index contributed by atoms with van der Waals surface area (Å²) in [6.45, 7) is 8.95. The molecule has 1 aliphatic carbocycles. The van der Waals surface area contributed by atoms with Crippen molar-refractivity contribution in [1.82, 2.24) is 10.2 Å². The Morgan fingerprint density at radius 2 is 1.81 bits per heavy atom. The number of alkyl halides is 3. The standard InChI is InChI=1S/C28H33F3N2O3/c1-4-35-23-8-6-19(14-22(23)28(29,30)31)18-5-7-21-20(13-18)15-27(2,3)25(21)32-26(34)36-24-16-33-11-9-17(24)10-12-33/h5-8,13-14,17,24-25H,4,9-12,15-16H2,1-3H3,(H,32,34)/t24-,25?/m0/s1. The Hall–Kier alpha value is -2.74. The zero-order chi connectivity index (χ0) is 25.7. The van der Waals surface area contributed by atoms with E-state index < -0.39 is 17.8 Å². The minimum Gasteiger partial charge on any atom is -0.493 e. The third-order valence-corrected chi connectivity index (χ3v) is 7.92. The van der Waals surface area contributed by atoms with Crippen LogP contribution >= 0.6 is 0 Å². The maximum atomic E-state index is 13.6. The summed E-state index contributed by atoms with van der Waals surface area (Å²) in [6.07, 6.45) is -2.14. The second kappa shape index (κ2) is 9.29. The molecular weight excluding hydrogens is 469 g/mol. The second-order valence-corrected chi connectivity index (χ2v) is 10.9. The van der Waals surface area contributed by atoms with Gasteiger partial charge >= 0.3 is 12.3 Å². The second-order valence-electron chi connectivity index (χ2n) is 10.9. The van der Waals surface area contributed by atoms with Crippen molar-refractivity contribution >= 4 is 6.09 Å². The molecular formula is C28H33F3N2O3. The number of halogens is 3. The van der Waals surface area contributed by atoms with Crippen LogP contribution in [0.4, 0.5) is 18.0 Å². The van der Waals surface area contributed by atoms with Crippen LogP contribution < -0.4 is 10.1 Å². The molecule has 0 radical (unpaired) electrons. The highest BCUT2D eigenvalue weighted by molar-refractivity contribution is 5.71. The van der Waals surface area contributed by atoms with Crippen molar-refractivity contribution in [3.05, 3.63) is 53.1 Å². The summed E-state index contributed by atoms with van der Waals surface area (Å²) in [5.74, 6) is 0.268. The Morgan fingerprint density at radius 3 is 2.44 bits per heavy atom. The van der Waals surface area contributed by atoms with Gasteiger partial charge in [-0.25, -0.2) is 4.79 Å². The molecule has 194 valence electrons. The topological polar surface area (TPSA) is 50.8 Å². The van der Waals surface area contributed by atoms with E-state index in [-0.39, 0.29) is 29.9 Å². The molecule has 5 nitrogen and oxygen atoms in total. The molecule has 2 bridgehead atoms. The summed E-state index contributed by atoms with van der Waals surface area (Å²) < 4.78 is 52.0. The van der Waals surface area contributed by atoms with Crippen LogP contribution in [0.2, 0.25) is 0 Å². The lowest BCUT2D eigenvalue weighted by atomic mass is 9.85. The molecule has 0 aromatic heterocycles. The molecule has 2 aromatic carbocycles. The van der Waals surface area contributed by atoms with E-state index in [0.717, 1.165) is 49.7 Å². The van der Waals surface area contributed by atoms with Gasteiger partial charge in [-0.2, -0.15) is 13.2 Å². The number of nitrogens with one attached hydrogen (secondary N) is 1. The molecule has 3 saturated heterocycles. The molecule has 1 N–H and O–H groups in total. The van der Waals surface area contributed by atoms with Crippen LogP contribution in [0.25, 0.3) is 11.1 Å². The van der Waals surface area contributed by atoms with E-state index >= 15 is 0 Å². The molecule has 8 heteroatoms. The number of amides is 1. The van der Waals surface area contributed by atoms with E-state index in [1.165, 1.54) is 6.07 Å². The van der Waals surface area contributed by atoms with Crippen LogP contribution in [0, 0.1) is 11.3 Å². The van der Waals surface area contributed by atoms with Gasteiger partial charge in [-0.15, -0.1) is 0 Å². The predicted molar refractivity (Wildman–Crippen MR) is 131 cm³/mol. The van der Waals surface area contributed by atoms with Gasteiger partial charge in [0.05, 0.1) is 18.2 Å². The van der Waals surface area contributed by atoms with Gasteiger partial charge in [0.2, 0.25) is 0 Å². The zero-order valence-electron chi connectivity index (χ0n) is 21.0. The fraction of sp³-hybridized carbons (Fsp3) is 0.536. The first-order valence-electron chi connectivity index (χ1n) is 12.7. The molecule has 0 saturated carbocycles. The smallest absolute Gasteiger partial charge is 0.419 e. The largest absolute Gasteiger partial charge is 0.493 e. The van der Waals surface area contributed by atoms with Gasteiger partial charge in [0, 0.05) is 6.54 Å². The van der Waals surface area contributed by atoms with E-state index in [4.69, 9.17) is 9.47 Å². The highest BCUT2D eigenvalue weighted by atomic mass is 19.4. The molecule has 4 aliphatic rings. The highest BCUT2D eigenvalue weighted by Crippen LogP contribution is 2.47. The average molecular weight is 503 g/mol. The number of hydrogen-bond acceptors (Lipinski definition) is 4. The molecule has 3 aliphatic heterocycles. The van der Waals surface area contributed by atoms with E-state index in [0.29, 0.717) is 23.5 Å². The van der Waals surface area contributed by atoms with Crippen LogP contribution in [0.1, 0.15) is 56.3 Å². The van der Waals surface area contributed by atoms with E-state index in [1.807, 2.05) is 18.2 Å². The van der Waals surface area contributed by atoms with Crippen LogP contribution in [-0.4, -0.2) is 43.3 Å². The molecule has 0 spiro atoms. The van der Waals surface area contributed by atoms with Crippen LogP contribution in [-0.2, 0) is 17.3 Å². The van der Waals surface area contributed by atoms with Gasteiger partial charge in [0.1, 0.15) is 11.9 Å². The Bertz CT molecular complexity index is 1140. The van der Waals surface area contributed by atoms with Gasteiger partial charge in [0.25, 0.3) is 0 Å². The minimum absolute atomic E-state index is 0.0682. The van der Waals surface area contributed by atoms with Gasteiger partial charge in [-0.1, -0.05) is 38.1 Å². The van der Waals surface area contributed by atoms with E-state index in [2.05, 4.69) is 24.1 Å². The van der Waals surface area contributed by atoms with Gasteiger partial charge in [-0.05, 0) is 85.0 Å². The molecule has 3 fully saturated rings. The number of nitrogens with zero attached hydrogens (tertiary/aromatic N) is 1. The van der Waals surface area contributed by atoms with Gasteiger partial charge < -0.3 is 14.8 Å². The SMILES string of the molecule is CCOc1ccc(-c2ccc3c(c2)CC(C)(C)C3NC(=O)O[C@H]2CN3CCC2CC3)cc1C(F)(F)F. The maximum absolute atomic E-state index is 13.6. The fourth-order valence-electron chi connectivity index (χ4n) is 6.05. The summed E-state index contributed by atoms with van der Waals surface area (Å²) in [5, 5.41) is 3.10. The number of piperidine rings is 3. The molecule has 3 heterocycles. The summed E-state index contributed by atoms with van der Waals surface area (Å²) in [6, 6.07) is 9.63. The van der Waals surface area contributed by atoms with Crippen molar-refractivity contribution in [3.63, 3.8) is 0 Å². The van der Waals surface area contributed by atoms with Crippen molar-refractivity contribution < 1.29 is 27.4 Å². The molecule has 2 aromatic rings. The van der Waals surface area contributed by atoms with Crippen molar-refractivity contribution in [2.45, 2.75) is 58.4 Å². The van der Waals surface area contributed by atoms with E-state index in [1.54, 1.807) is 13.0 Å². The quantitative estimate of drug-likeness (QED) is 0.528. The van der Waals surface area contributed by atoms with Crippen molar-refractivity contribution in [2.75, 3.05) is 26.2 Å². The van der Waals surface area contributed by atoms with Crippen molar-refractivity contribution in [2.24, 2.45) is 11.3 Å². The highest BCUT2D eigenvalue weighted by Gasteiger charge is 2.42. The number of carbonyl (C=O) groups is 1. The molecule has 6 rings (SSSR count). The first kappa shape index (κ1) is 24.9. The monoisotopic (exact) mass is 502 g/mol. The minimum atomic E-state index is -4.51. The molecule has 1 unspecified atom stereocenters. The number of alkyl carbamates (subject to hydrolysis) is 1. The van der Waals surface area contributed by atoms with Crippen molar-refractivity contribution in [1.29, 1.82) is 0 Å². The Labute approximate surface area is 210 Å². The van der Waals surface area contributed by atoms with Gasteiger partial charge in [-0.3, -0.25) is 4.90 Å². The van der Waals surface area contributed by atoms with Crippen LogP contribution in [0.3, 0.4) is 0 Å². The van der Waals surface area contributed by atoms with Crippen LogP contribution in [0.15, 0.2) is 36.4 Å². The third-order valence-electron chi connectivity index (χ3n) is 7.92. The lowest BCUT2D eigenvalue weighted by molar-refractivity contribution is -0.138. The predicted octanol–water partition coefficient (Wildman–Crippen LogP) is 6.21. The number of fused-ring (bicyclic) bond motifs is 4. The Kier molecular flexibility index (Phi) is 6.43. The lowest BCUT2D eigenvalue weighted by Gasteiger charge is -2.44. The molecule has 2 atom stereocenters. The van der Waals surface area contributed by atoms with E-state index in [9.17, 15) is 18.0 Å². The number of benzene rings is 2. The maximum Gasteiger partial charge on any atom is 0.419 e. The van der Waals surface area contributed by atoms with Gasteiger partial charge in [0.15, 0.2) is 0 Å². The third kappa shape index (κ3) is 4.80. The van der Waals surface area contributed by atoms with Crippen molar-refractivity contribution in [3.8, 4) is 16.9 Å². The lowest BCUT2D eigenvalue weighted by Crippen LogP contribution is -2.53. The summed E-state index contributed by atoms with van der Waals surface area (Å²) in [5.41, 5.74) is 2.14. The molecule has 36 heavy (non-hydrogen) atoms. The molecule has 1 amide bonds. The zero-order valence-corrected chi connectivity index (χ0v) is 21.0. The number of ether oxygens (including phenoxy) is 2. The summed E-state index contributed by atoms with van der Waals surface area (Å²) >= 11 is 0. The normalized spacial score (nSPS) is 26.4. The number of hydrogen-bond donors (Lipinski definition) is 1. The fourth-order valence-corrected chi connectivity index (χ4v) is 6.05. The number of carbonyl (C=O) groups excluding carboxylic acids is 1. The first-order valence-corrected chi connectivity index (χ1v) is 12.7. The number of rotatable bonds is 5. The van der Waals surface area contributed by atoms with Crippen LogP contribution in [0.5, 0.6) is 5.75 Å². The summed E-state index contributed by atoms with van der Waals surface area (Å²) in [4.78, 5) is 15.2. The summed E-state index contributed by atoms with van der Waals surface area (Å²) in [7, 11) is 0. The Balaban J connectivity index is 1.36. The Morgan fingerprint density at radius 1 is 1.11 bits per heavy atom. The average Bonchev–Trinajstić information content (AvgIpc) is 3.08. The first-order chi connectivity index (χ1) is 17.0.